The maximum atomic E-state index is 13.7. The molecule has 0 bridgehead atoms. The van der Waals surface area contributed by atoms with Crippen molar-refractivity contribution in [3.05, 3.63) is 41.1 Å². The van der Waals surface area contributed by atoms with Gasteiger partial charge >= 0.3 is 0 Å². The second-order valence-corrected chi connectivity index (χ2v) is 11.7. The minimum atomic E-state index is -3.90. The molecule has 3 heterocycles. The smallest absolute Gasteiger partial charge is 0.263 e. The number of amides is 1. The third-order valence-electron chi connectivity index (χ3n) is 7.14. The molecule has 2 saturated heterocycles. The van der Waals surface area contributed by atoms with Gasteiger partial charge in [0.2, 0.25) is 5.03 Å². The topological polar surface area (TPSA) is 82.0 Å². The Kier molecular flexibility index (Phi) is 7.54. The van der Waals surface area contributed by atoms with Gasteiger partial charge in [0.25, 0.3) is 15.9 Å². The van der Waals surface area contributed by atoms with E-state index in [1.807, 2.05) is 6.92 Å². The number of hydrogen-bond acceptors (Lipinski definition) is 6. The highest BCUT2D eigenvalue weighted by atomic mass is 32.2. The molecule has 2 aromatic rings. The third-order valence-corrected chi connectivity index (χ3v) is 8.98. The van der Waals surface area contributed by atoms with Crippen LogP contribution in [0.2, 0.25) is 0 Å². The van der Waals surface area contributed by atoms with Crippen LogP contribution in [0.15, 0.2) is 29.4 Å². The van der Waals surface area contributed by atoms with E-state index >= 15 is 0 Å². The summed E-state index contributed by atoms with van der Waals surface area (Å²) in [5.41, 5.74) is 3.69. The second kappa shape index (κ2) is 10.3. The summed E-state index contributed by atoms with van der Waals surface area (Å²) in [6, 6.07) is 6.76. The standard InChI is InChI=1S/C25H38N6O3S/c1-6-30-18-22(25(32)29-11-9-27(10-12-29)19(2)3)24(26-30)35(33,34)31-15-13-28(14-16-31)23-17-20(4)7-8-21(23)5/h7-8,17-19H,6,9-16H2,1-5H3. The Bertz CT molecular complexity index is 1160. The first kappa shape index (κ1) is 25.7. The fourth-order valence-corrected chi connectivity index (χ4v) is 6.38. The van der Waals surface area contributed by atoms with Crippen LogP contribution in [0, 0.1) is 13.8 Å². The lowest BCUT2D eigenvalue weighted by atomic mass is 10.1. The van der Waals surface area contributed by atoms with Crippen molar-refractivity contribution >= 4 is 21.6 Å². The van der Waals surface area contributed by atoms with Crippen LogP contribution >= 0.6 is 0 Å². The first-order valence-electron chi connectivity index (χ1n) is 12.5. The van der Waals surface area contributed by atoms with Crippen molar-refractivity contribution in [2.24, 2.45) is 0 Å². The van der Waals surface area contributed by atoms with Crippen LogP contribution < -0.4 is 4.90 Å². The molecule has 1 aromatic carbocycles. The highest BCUT2D eigenvalue weighted by Gasteiger charge is 2.36. The highest BCUT2D eigenvalue weighted by Crippen LogP contribution is 2.26. The quantitative estimate of drug-likeness (QED) is 0.602. The first-order chi connectivity index (χ1) is 16.6. The van der Waals surface area contributed by atoms with Gasteiger partial charge in [0.1, 0.15) is 0 Å². The molecule has 0 N–H and O–H groups in total. The number of nitrogens with zero attached hydrogens (tertiary/aromatic N) is 6. The fourth-order valence-electron chi connectivity index (χ4n) is 4.87. The van der Waals surface area contributed by atoms with E-state index in [1.165, 1.54) is 15.4 Å². The maximum absolute atomic E-state index is 13.7. The number of rotatable bonds is 6. The number of anilines is 1. The Morgan fingerprint density at radius 2 is 1.66 bits per heavy atom. The van der Waals surface area contributed by atoms with E-state index < -0.39 is 10.0 Å². The average molecular weight is 503 g/mol. The Morgan fingerprint density at radius 1 is 1.00 bits per heavy atom. The molecule has 35 heavy (non-hydrogen) atoms. The van der Waals surface area contributed by atoms with Crippen molar-refractivity contribution in [1.82, 2.24) is 23.9 Å². The van der Waals surface area contributed by atoms with Gasteiger partial charge in [-0.25, -0.2) is 8.42 Å². The zero-order valence-corrected chi connectivity index (χ0v) is 22.4. The Balaban J connectivity index is 1.52. The number of benzene rings is 1. The summed E-state index contributed by atoms with van der Waals surface area (Å²) in [6.07, 6.45) is 1.59. The number of sulfonamides is 1. The zero-order chi connectivity index (χ0) is 25.3. The van der Waals surface area contributed by atoms with E-state index in [0.717, 1.165) is 18.8 Å². The summed E-state index contributed by atoms with van der Waals surface area (Å²) in [5, 5.41) is 4.24. The van der Waals surface area contributed by atoms with Gasteiger partial charge in [-0.1, -0.05) is 12.1 Å². The second-order valence-electron chi connectivity index (χ2n) is 9.81. The van der Waals surface area contributed by atoms with E-state index in [2.05, 4.69) is 60.8 Å². The normalized spacial score (nSPS) is 18.5. The molecule has 4 rings (SSSR count). The molecule has 2 fully saturated rings. The zero-order valence-electron chi connectivity index (χ0n) is 21.6. The van der Waals surface area contributed by atoms with E-state index in [0.29, 0.717) is 51.9 Å². The molecule has 10 heteroatoms. The number of piperazine rings is 2. The van der Waals surface area contributed by atoms with Crippen molar-refractivity contribution in [3.8, 4) is 0 Å². The summed E-state index contributed by atoms with van der Waals surface area (Å²) >= 11 is 0. The number of carbonyl (C=O) groups excluding carboxylic acids is 1. The molecular formula is C25H38N6O3S. The lowest BCUT2D eigenvalue weighted by Crippen LogP contribution is -2.51. The average Bonchev–Trinajstić information content (AvgIpc) is 3.31. The van der Waals surface area contributed by atoms with Gasteiger partial charge in [-0.15, -0.1) is 0 Å². The van der Waals surface area contributed by atoms with Crippen molar-refractivity contribution in [2.75, 3.05) is 57.3 Å². The number of aromatic nitrogens is 2. The molecule has 2 aliphatic heterocycles. The lowest BCUT2D eigenvalue weighted by molar-refractivity contribution is 0.0591. The molecule has 0 radical (unpaired) electrons. The molecule has 1 amide bonds. The molecular weight excluding hydrogens is 464 g/mol. The van der Waals surface area contributed by atoms with Crippen LogP contribution in [-0.4, -0.2) is 96.6 Å². The van der Waals surface area contributed by atoms with Crippen LogP contribution in [0.1, 0.15) is 42.3 Å². The highest BCUT2D eigenvalue weighted by molar-refractivity contribution is 7.89. The summed E-state index contributed by atoms with van der Waals surface area (Å²) < 4.78 is 30.4. The van der Waals surface area contributed by atoms with Crippen molar-refractivity contribution in [3.63, 3.8) is 0 Å². The van der Waals surface area contributed by atoms with E-state index in [4.69, 9.17) is 0 Å². The van der Waals surface area contributed by atoms with Gasteiger partial charge in [-0.3, -0.25) is 14.4 Å². The molecule has 0 aliphatic carbocycles. The maximum Gasteiger partial charge on any atom is 0.263 e. The summed E-state index contributed by atoms with van der Waals surface area (Å²) in [6.45, 7) is 15.5. The van der Waals surface area contributed by atoms with Crippen LogP contribution in [-0.2, 0) is 16.6 Å². The van der Waals surface area contributed by atoms with E-state index in [-0.39, 0.29) is 16.5 Å². The van der Waals surface area contributed by atoms with Gasteiger partial charge in [0.15, 0.2) is 0 Å². The van der Waals surface area contributed by atoms with Crippen LogP contribution in [0.5, 0.6) is 0 Å². The molecule has 1 aromatic heterocycles. The summed E-state index contributed by atoms with van der Waals surface area (Å²) in [4.78, 5) is 19.7. The number of carbonyl (C=O) groups is 1. The van der Waals surface area contributed by atoms with Gasteiger partial charge in [0.05, 0.1) is 5.56 Å². The molecule has 0 atom stereocenters. The van der Waals surface area contributed by atoms with Crippen molar-refractivity contribution < 1.29 is 13.2 Å². The molecule has 9 nitrogen and oxygen atoms in total. The van der Waals surface area contributed by atoms with E-state index in [1.54, 1.807) is 15.8 Å². The first-order valence-corrected chi connectivity index (χ1v) is 14.0. The van der Waals surface area contributed by atoms with E-state index in [9.17, 15) is 13.2 Å². The molecule has 0 unspecified atom stereocenters. The predicted octanol–water partition coefficient (Wildman–Crippen LogP) is 2.20. The van der Waals surface area contributed by atoms with Gasteiger partial charge in [-0.2, -0.15) is 9.40 Å². The Morgan fingerprint density at radius 3 is 2.26 bits per heavy atom. The Labute approximate surface area is 209 Å². The number of aryl methyl sites for hydroxylation is 3. The van der Waals surface area contributed by atoms with Crippen LogP contribution in [0.4, 0.5) is 5.69 Å². The minimum Gasteiger partial charge on any atom is -0.369 e. The largest absolute Gasteiger partial charge is 0.369 e. The van der Waals surface area contributed by atoms with Gasteiger partial charge < -0.3 is 9.80 Å². The third kappa shape index (κ3) is 5.24. The predicted molar refractivity (Wildman–Crippen MR) is 137 cm³/mol. The monoisotopic (exact) mass is 502 g/mol. The Hall–Kier alpha value is -2.43. The molecule has 2 aliphatic rings. The van der Waals surface area contributed by atoms with Crippen LogP contribution in [0.3, 0.4) is 0 Å². The molecule has 192 valence electrons. The lowest BCUT2D eigenvalue weighted by Gasteiger charge is -2.37. The molecule has 0 saturated carbocycles. The fraction of sp³-hybridized carbons (Fsp3) is 0.600. The summed E-state index contributed by atoms with van der Waals surface area (Å²) in [7, 11) is -3.90. The molecule has 0 spiro atoms. The van der Waals surface area contributed by atoms with Crippen molar-refractivity contribution in [1.29, 1.82) is 0 Å². The summed E-state index contributed by atoms with van der Waals surface area (Å²) in [5.74, 6) is -0.249. The minimum absolute atomic E-state index is 0.115. The SMILES string of the molecule is CCn1cc(C(=O)N2CCN(C(C)C)CC2)c(S(=O)(=O)N2CCN(c3cc(C)ccc3C)CC2)n1. The van der Waals surface area contributed by atoms with Gasteiger partial charge in [-0.05, 0) is 51.8 Å². The van der Waals surface area contributed by atoms with Gasteiger partial charge in [0, 0.05) is 76.8 Å². The van der Waals surface area contributed by atoms with Crippen molar-refractivity contribution in [2.45, 2.75) is 52.2 Å². The van der Waals surface area contributed by atoms with Crippen LogP contribution in [0.25, 0.3) is 0 Å². The number of hydrogen-bond donors (Lipinski definition) is 0.